The summed E-state index contributed by atoms with van der Waals surface area (Å²) in [6.45, 7) is 7.10. The molecule has 1 aromatic heterocycles. The minimum Gasteiger partial charge on any atom is -0.362 e. The van der Waals surface area contributed by atoms with Gasteiger partial charge < -0.3 is 10.2 Å². The summed E-state index contributed by atoms with van der Waals surface area (Å²) in [5, 5.41) is 14.3. The summed E-state index contributed by atoms with van der Waals surface area (Å²) in [4.78, 5) is 17.2. The number of anilines is 1. The standard InChI is InChI=1S/C13H20N4O2/c1-3-16-6-4-11(5-7-16)15-13-12(17(18)19)8-10(2)9-14-13/h8-9,11H,3-7H2,1-2H3,(H,14,15). The van der Waals surface area contributed by atoms with E-state index < -0.39 is 0 Å². The maximum Gasteiger partial charge on any atom is 0.311 e. The molecular formula is C13H20N4O2. The molecule has 6 heteroatoms. The second kappa shape index (κ2) is 5.97. The number of aryl methyl sites for hydroxylation is 1. The molecule has 1 N–H and O–H groups in total. The van der Waals surface area contributed by atoms with Crippen molar-refractivity contribution >= 4 is 11.5 Å². The summed E-state index contributed by atoms with van der Waals surface area (Å²) in [6, 6.07) is 1.84. The molecule has 0 saturated carbocycles. The Hall–Kier alpha value is -1.69. The van der Waals surface area contributed by atoms with Crippen molar-refractivity contribution in [2.24, 2.45) is 0 Å². The molecule has 0 unspecified atom stereocenters. The SMILES string of the molecule is CCN1CCC(Nc2ncc(C)cc2[N+](=O)[O-])CC1. The first-order valence-electron chi connectivity index (χ1n) is 6.70. The first-order valence-corrected chi connectivity index (χ1v) is 6.70. The maximum atomic E-state index is 11.0. The third-order valence-corrected chi connectivity index (χ3v) is 3.58. The fraction of sp³-hybridized carbons (Fsp3) is 0.615. The number of pyridine rings is 1. The second-order valence-corrected chi connectivity index (χ2v) is 4.99. The lowest BCUT2D eigenvalue weighted by Gasteiger charge is -2.31. The normalized spacial score (nSPS) is 17.4. The lowest BCUT2D eigenvalue weighted by atomic mass is 10.1. The van der Waals surface area contributed by atoms with Gasteiger partial charge in [0.15, 0.2) is 0 Å². The molecule has 2 heterocycles. The third-order valence-electron chi connectivity index (χ3n) is 3.58. The van der Waals surface area contributed by atoms with Crippen LogP contribution in [0.25, 0.3) is 0 Å². The number of piperidine rings is 1. The topological polar surface area (TPSA) is 71.3 Å². The van der Waals surface area contributed by atoms with Crippen LogP contribution in [0, 0.1) is 17.0 Å². The van der Waals surface area contributed by atoms with Crippen molar-refractivity contribution in [3.63, 3.8) is 0 Å². The zero-order chi connectivity index (χ0) is 13.8. The van der Waals surface area contributed by atoms with Crippen LogP contribution in [0.3, 0.4) is 0 Å². The summed E-state index contributed by atoms with van der Waals surface area (Å²) in [5.74, 6) is 0.394. The van der Waals surface area contributed by atoms with Crippen molar-refractivity contribution in [1.29, 1.82) is 0 Å². The molecule has 0 radical (unpaired) electrons. The number of nitro groups is 1. The Morgan fingerprint density at radius 3 is 2.79 bits per heavy atom. The highest BCUT2D eigenvalue weighted by Crippen LogP contribution is 2.25. The third kappa shape index (κ3) is 3.41. The van der Waals surface area contributed by atoms with E-state index in [9.17, 15) is 10.1 Å². The van der Waals surface area contributed by atoms with Gasteiger partial charge in [0, 0.05) is 31.4 Å². The quantitative estimate of drug-likeness (QED) is 0.666. The van der Waals surface area contributed by atoms with Crippen molar-refractivity contribution in [2.75, 3.05) is 25.0 Å². The van der Waals surface area contributed by atoms with Gasteiger partial charge in [-0.05, 0) is 31.9 Å². The monoisotopic (exact) mass is 264 g/mol. The molecule has 1 aliphatic heterocycles. The zero-order valence-corrected chi connectivity index (χ0v) is 11.4. The number of rotatable bonds is 4. The molecule has 0 atom stereocenters. The van der Waals surface area contributed by atoms with E-state index in [-0.39, 0.29) is 16.7 Å². The molecule has 1 aliphatic rings. The molecule has 0 amide bonds. The van der Waals surface area contributed by atoms with E-state index in [1.54, 1.807) is 12.3 Å². The van der Waals surface area contributed by atoms with Crippen LogP contribution in [0.2, 0.25) is 0 Å². The van der Waals surface area contributed by atoms with Gasteiger partial charge >= 0.3 is 5.69 Å². The van der Waals surface area contributed by atoms with E-state index in [1.807, 2.05) is 6.92 Å². The fourth-order valence-electron chi connectivity index (χ4n) is 2.39. The highest BCUT2D eigenvalue weighted by atomic mass is 16.6. The van der Waals surface area contributed by atoms with Crippen LogP contribution >= 0.6 is 0 Å². The van der Waals surface area contributed by atoms with E-state index in [0.29, 0.717) is 5.82 Å². The fourth-order valence-corrected chi connectivity index (χ4v) is 2.39. The molecule has 19 heavy (non-hydrogen) atoms. The lowest BCUT2D eigenvalue weighted by Crippen LogP contribution is -2.39. The van der Waals surface area contributed by atoms with Crippen LogP contribution in [0.15, 0.2) is 12.3 Å². The highest BCUT2D eigenvalue weighted by Gasteiger charge is 2.22. The molecule has 0 aromatic carbocycles. The maximum absolute atomic E-state index is 11.0. The molecule has 0 bridgehead atoms. The summed E-state index contributed by atoms with van der Waals surface area (Å²) in [5.41, 5.74) is 0.871. The van der Waals surface area contributed by atoms with Gasteiger partial charge in [-0.25, -0.2) is 4.98 Å². The van der Waals surface area contributed by atoms with E-state index in [1.165, 1.54) is 0 Å². The van der Waals surface area contributed by atoms with Crippen LogP contribution in [-0.4, -0.2) is 40.5 Å². The molecular weight excluding hydrogens is 244 g/mol. The Balaban J connectivity index is 2.05. The van der Waals surface area contributed by atoms with Crippen LogP contribution in [0.5, 0.6) is 0 Å². The van der Waals surface area contributed by atoms with Crippen molar-refractivity contribution in [2.45, 2.75) is 32.7 Å². The van der Waals surface area contributed by atoms with E-state index >= 15 is 0 Å². The van der Waals surface area contributed by atoms with Crippen LogP contribution < -0.4 is 5.32 Å². The first-order chi connectivity index (χ1) is 9.10. The summed E-state index contributed by atoms with van der Waals surface area (Å²) in [6.07, 6.45) is 3.66. The van der Waals surface area contributed by atoms with Crippen molar-refractivity contribution in [3.8, 4) is 0 Å². The number of hydrogen-bond acceptors (Lipinski definition) is 5. The van der Waals surface area contributed by atoms with Gasteiger partial charge in [-0.2, -0.15) is 0 Å². The van der Waals surface area contributed by atoms with Crippen LogP contribution in [0.1, 0.15) is 25.3 Å². The summed E-state index contributed by atoms with van der Waals surface area (Å²) in [7, 11) is 0. The Labute approximate surface area is 113 Å². The first kappa shape index (κ1) is 13.7. The zero-order valence-electron chi connectivity index (χ0n) is 11.4. The van der Waals surface area contributed by atoms with Gasteiger partial charge in [0.2, 0.25) is 5.82 Å². The van der Waals surface area contributed by atoms with Crippen molar-refractivity contribution in [1.82, 2.24) is 9.88 Å². The molecule has 1 saturated heterocycles. The van der Waals surface area contributed by atoms with Gasteiger partial charge in [0.05, 0.1) is 4.92 Å². The number of aromatic nitrogens is 1. The molecule has 6 nitrogen and oxygen atoms in total. The highest BCUT2D eigenvalue weighted by molar-refractivity contribution is 5.57. The molecule has 1 fully saturated rings. The van der Waals surface area contributed by atoms with Crippen LogP contribution in [-0.2, 0) is 0 Å². The van der Waals surface area contributed by atoms with Crippen LogP contribution in [0.4, 0.5) is 11.5 Å². The van der Waals surface area contributed by atoms with Crippen molar-refractivity contribution in [3.05, 3.63) is 27.9 Å². The summed E-state index contributed by atoms with van der Waals surface area (Å²) >= 11 is 0. The van der Waals surface area contributed by atoms with E-state index in [4.69, 9.17) is 0 Å². The number of nitrogens with one attached hydrogen (secondary N) is 1. The smallest absolute Gasteiger partial charge is 0.311 e. The molecule has 104 valence electrons. The Morgan fingerprint density at radius 2 is 2.21 bits per heavy atom. The average Bonchev–Trinajstić information content (AvgIpc) is 2.41. The number of hydrogen-bond donors (Lipinski definition) is 1. The number of likely N-dealkylation sites (tertiary alicyclic amines) is 1. The molecule has 0 aliphatic carbocycles. The largest absolute Gasteiger partial charge is 0.362 e. The molecule has 1 aromatic rings. The predicted octanol–water partition coefficient (Wildman–Crippen LogP) is 2.19. The van der Waals surface area contributed by atoms with Gasteiger partial charge in [-0.15, -0.1) is 0 Å². The molecule has 0 spiro atoms. The number of nitrogens with zero attached hydrogens (tertiary/aromatic N) is 3. The van der Waals surface area contributed by atoms with Gasteiger partial charge in [-0.1, -0.05) is 6.92 Å². The van der Waals surface area contributed by atoms with E-state index in [0.717, 1.165) is 38.0 Å². The van der Waals surface area contributed by atoms with Gasteiger partial charge in [0.1, 0.15) is 0 Å². The predicted molar refractivity (Wildman–Crippen MR) is 74.4 cm³/mol. The average molecular weight is 264 g/mol. The van der Waals surface area contributed by atoms with Crippen molar-refractivity contribution < 1.29 is 4.92 Å². The minimum atomic E-state index is -0.372. The molecule has 2 rings (SSSR count). The van der Waals surface area contributed by atoms with Gasteiger partial charge in [-0.3, -0.25) is 10.1 Å². The summed E-state index contributed by atoms with van der Waals surface area (Å²) < 4.78 is 0. The van der Waals surface area contributed by atoms with E-state index in [2.05, 4.69) is 22.1 Å². The Kier molecular flexibility index (Phi) is 4.31. The lowest BCUT2D eigenvalue weighted by molar-refractivity contribution is -0.384. The Morgan fingerprint density at radius 1 is 1.53 bits per heavy atom. The van der Waals surface area contributed by atoms with Gasteiger partial charge in [0.25, 0.3) is 0 Å². The second-order valence-electron chi connectivity index (χ2n) is 4.99. The minimum absolute atomic E-state index is 0.0675. The Bertz CT molecular complexity index is 456.